The third kappa shape index (κ3) is 4.90. The first-order chi connectivity index (χ1) is 10.6. The molecule has 0 aliphatic carbocycles. The van der Waals surface area contributed by atoms with Crippen LogP contribution in [0.15, 0.2) is 0 Å². The van der Waals surface area contributed by atoms with Crippen LogP contribution in [0.3, 0.4) is 0 Å². The van der Waals surface area contributed by atoms with Crippen LogP contribution in [0.25, 0.3) is 0 Å². The second-order valence-corrected chi connectivity index (χ2v) is 7.16. The van der Waals surface area contributed by atoms with Crippen LogP contribution >= 0.6 is 46.4 Å². The van der Waals surface area contributed by atoms with Gasteiger partial charge in [-0.05, 0) is 18.3 Å². The maximum absolute atomic E-state index is 12.3. The van der Waals surface area contributed by atoms with E-state index in [1.54, 1.807) is 0 Å². The number of carbonyl (C=O) groups excluding carboxylic acids is 1. The number of carboxylic acid groups (broad SMARTS) is 1. The molecule has 0 radical (unpaired) electrons. The molecule has 0 saturated heterocycles. The predicted octanol–water partition coefficient (Wildman–Crippen LogP) is 5.84. The van der Waals surface area contributed by atoms with Crippen molar-refractivity contribution < 1.29 is 19.4 Å². The van der Waals surface area contributed by atoms with Crippen LogP contribution in [0.1, 0.15) is 47.9 Å². The Morgan fingerprint density at radius 3 is 1.87 bits per heavy atom. The average molecular weight is 402 g/mol. The number of benzene rings is 1. The van der Waals surface area contributed by atoms with Crippen LogP contribution in [-0.4, -0.2) is 23.7 Å². The lowest BCUT2D eigenvalue weighted by molar-refractivity contribution is 0.0428. The minimum Gasteiger partial charge on any atom is -0.478 e. The average Bonchev–Trinajstić information content (AvgIpc) is 2.44. The summed E-state index contributed by atoms with van der Waals surface area (Å²) in [5.74, 6) is -1.79. The van der Waals surface area contributed by atoms with Gasteiger partial charge in [-0.25, -0.2) is 9.59 Å². The molecule has 0 amide bonds. The molecule has 23 heavy (non-hydrogen) atoms. The molecule has 0 aliphatic rings. The van der Waals surface area contributed by atoms with E-state index < -0.39 is 23.1 Å². The molecule has 1 rings (SSSR count). The minimum atomic E-state index is -1.45. The zero-order chi connectivity index (χ0) is 17.9. The van der Waals surface area contributed by atoms with Gasteiger partial charge < -0.3 is 9.84 Å². The van der Waals surface area contributed by atoms with Gasteiger partial charge in [0.25, 0.3) is 0 Å². The molecule has 0 unspecified atom stereocenters. The summed E-state index contributed by atoms with van der Waals surface area (Å²) in [7, 11) is 0. The molecule has 0 saturated carbocycles. The zero-order valence-corrected chi connectivity index (χ0v) is 15.8. The molecule has 0 aliphatic heterocycles. The van der Waals surface area contributed by atoms with Gasteiger partial charge in [-0.3, -0.25) is 0 Å². The first kappa shape index (κ1) is 20.4. The van der Waals surface area contributed by atoms with E-state index in [2.05, 4.69) is 13.8 Å². The summed E-state index contributed by atoms with van der Waals surface area (Å²) in [5.41, 5.74) is -0.914. The van der Waals surface area contributed by atoms with Crippen LogP contribution in [0, 0.1) is 11.8 Å². The monoisotopic (exact) mass is 400 g/mol. The van der Waals surface area contributed by atoms with Crippen molar-refractivity contribution in [2.75, 3.05) is 6.61 Å². The molecule has 128 valence electrons. The van der Waals surface area contributed by atoms with Crippen LogP contribution in [0.5, 0.6) is 0 Å². The van der Waals surface area contributed by atoms with Crippen LogP contribution in [0.2, 0.25) is 20.1 Å². The molecule has 0 bridgehead atoms. The smallest absolute Gasteiger partial charge is 0.340 e. The van der Waals surface area contributed by atoms with Crippen molar-refractivity contribution in [1.82, 2.24) is 0 Å². The number of hydrogen-bond acceptors (Lipinski definition) is 3. The Morgan fingerprint density at radius 2 is 1.43 bits per heavy atom. The maximum Gasteiger partial charge on any atom is 0.340 e. The summed E-state index contributed by atoms with van der Waals surface area (Å²) in [4.78, 5) is 23.7. The molecule has 1 aromatic carbocycles. The Kier molecular flexibility index (Phi) is 7.46. The highest BCUT2D eigenvalue weighted by Crippen LogP contribution is 2.41. The summed E-state index contributed by atoms with van der Waals surface area (Å²) in [6.07, 6.45) is 0.856. The van der Waals surface area contributed by atoms with Crippen LogP contribution < -0.4 is 0 Å². The van der Waals surface area contributed by atoms with Gasteiger partial charge in [-0.15, -0.1) is 0 Å². The van der Waals surface area contributed by atoms with E-state index in [1.165, 1.54) is 0 Å². The first-order valence-corrected chi connectivity index (χ1v) is 8.35. The van der Waals surface area contributed by atoms with E-state index in [0.29, 0.717) is 5.92 Å². The van der Waals surface area contributed by atoms with Gasteiger partial charge in [0.1, 0.15) is 0 Å². The number of halogens is 4. The molecule has 8 heteroatoms. The number of esters is 1. The third-order valence-electron chi connectivity index (χ3n) is 3.06. The molecule has 4 nitrogen and oxygen atoms in total. The molecular formula is C15H16Cl4O4. The van der Waals surface area contributed by atoms with Gasteiger partial charge in [-0.2, -0.15) is 0 Å². The van der Waals surface area contributed by atoms with E-state index in [-0.39, 0.29) is 32.6 Å². The van der Waals surface area contributed by atoms with Crippen molar-refractivity contribution in [2.45, 2.75) is 27.2 Å². The number of carbonyl (C=O) groups is 2. The summed E-state index contributed by atoms with van der Waals surface area (Å²) in [5, 5.41) is 8.22. The Balaban J connectivity index is 3.16. The van der Waals surface area contributed by atoms with Gasteiger partial charge in [0.15, 0.2) is 0 Å². The number of ether oxygens (including phenoxy) is 1. The molecule has 0 aromatic heterocycles. The highest BCUT2D eigenvalue weighted by Gasteiger charge is 2.30. The van der Waals surface area contributed by atoms with Gasteiger partial charge in [0, 0.05) is 0 Å². The predicted molar refractivity (Wildman–Crippen MR) is 92.3 cm³/mol. The van der Waals surface area contributed by atoms with E-state index in [1.807, 2.05) is 6.92 Å². The standard InChI is InChI=1S/C15H16Cl4O4/c1-6(2)4-7(3)5-23-15(22)9-8(14(20)21)10(16)12(18)13(19)11(9)17/h6-7H,4-5H2,1-3H3,(H,20,21)/t7-/m1/s1. The fourth-order valence-electron chi connectivity index (χ4n) is 2.19. The Morgan fingerprint density at radius 1 is 0.957 bits per heavy atom. The van der Waals surface area contributed by atoms with Gasteiger partial charge in [0.05, 0.1) is 37.8 Å². The van der Waals surface area contributed by atoms with E-state index in [0.717, 1.165) is 6.42 Å². The van der Waals surface area contributed by atoms with Crippen molar-refractivity contribution in [3.05, 3.63) is 31.2 Å². The number of hydrogen-bond donors (Lipinski definition) is 1. The lowest BCUT2D eigenvalue weighted by Gasteiger charge is -2.16. The largest absolute Gasteiger partial charge is 0.478 e. The van der Waals surface area contributed by atoms with Crippen LogP contribution in [-0.2, 0) is 4.74 Å². The number of carboxylic acids is 1. The van der Waals surface area contributed by atoms with Crippen molar-refractivity contribution in [1.29, 1.82) is 0 Å². The van der Waals surface area contributed by atoms with E-state index >= 15 is 0 Å². The summed E-state index contributed by atoms with van der Waals surface area (Å²) >= 11 is 23.6. The summed E-state index contributed by atoms with van der Waals surface area (Å²) in [6, 6.07) is 0. The number of aromatic carboxylic acids is 1. The van der Waals surface area contributed by atoms with Gasteiger partial charge in [-0.1, -0.05) is 67.2 Å². The molecule has 0 fully saturated rings. The highest BCUT2D eigenvalue weighted by molar-refractivity contribution is 6.54. The summed E-state index contributed by atoms with van der Waals surface area (Å²) < 4.78 is 5.17. The van der Waals surface area contributed by atoms with Crippen molar-refractivity contribution >= 4 is 58.3 Å². The van der Waals surface area contributed by atoms with E-state index in [4.69, 9.17) is 51.1 Å². The summed E-state index contributed by atoms with van der Waals surface area (Å²) in [6.45, 7) is 6.16. The SMILES string of the molecule is CC(C)C[C@@H](C)COC(=O)c1c(Cl)c(Cl)c(Cl)c(Cl)c1C(=O)O. The van der Waals surface area contributed by atoms with Crippen molar-refractivity contribution in [3.63, 3.8) is 0 Å². The molecule has 0 heterocycles. The van der Waals surface area contributed by atoms with E-state index in [9.17, 15) is 14.7 Å². The maximum atomic E-state index is 12.3. The van der Waals surface area contributed by atoms with Gasteiger partial charge in [0.2, 0.25) is 0 Å². The Labute approximate surface area is 154 Å². The minimum absolute atomic E-state index is 0.115. The second-order valence-electron chi connectivity index (χ2n) is 5.64. The second kappa shape index (κ2) is 8.43. The fraction of sp³-hybridized carbons (Fsp3) is 0.467. The van der Waals surface area contributed by atoms with Gasteiger partial charge >= 0.3 is 11.9 Å². The quantitative estimate of drug-likeness (QED) is 0.369. The van der Waals surface area contributed by atoms with Crippen molar-refractivity contribution in [2.24, 2.45) is 11.8 Å². The Bertz CT molecular complexity index is 629. The molecule has 1 aromatic rings. The normalized spacial score (nSPS) is 12.3. The zero-order valence-electron chi connectivity index (χ0n) is 12.8. The van der Waals surface area contributed by atoms with Crippen molar-refractivity contribution in [3.8, 4) is 0 Å². The Hall–Kier alpha value is -0.680. The number of rotatable bonds is 6. The fourth-order valence-corrected chi connectivity index (χ4v) is 3.20. The molecular weight excluding hydrogens is 386 g/mol. The first-order valence-electron chi connectivity index (χ1n) is 6.84. The topological polar surface area (TPSA) is 63.6 Å². The lowest BCUT2D eigenvalue weighted by atomic mass is 10.00. The molecule has 1 atom stereocenters. The third-order valence-corrected chi connectivity index (χ3v) is 4.86. The van der Waals surface area contributed by atoms with Crippen LogP contribution in [0.4, 0.5) is 0 Å². The molecule has 0 spiro atoms. The lowest BCUT2D eigenvalue weighted by Crippen LogP contribution is -2.17. The highest BCUT2D eigenvalue weighted by atomic mass is 35.5. The molecule has 1 N–H and O–H groups in total.